The van der Waals surface area contributed by atoms with Crippen molar-refractivity contribution in [2.45, 2.75) is 39.2 Å². The first kappa shape index (κ1) is 15.8. The van der Waals surface area contributed by atoms with Crippen molar-refractivity contribution in [1.29, 1.82) is 0 Å². The fourth-order valence-electron chi connectivity index (χ4n) is 3.08. The lowest BCUT2D eigenvalue weighted by atomic mass is 9.91. The summed E-state index contributed by atoms with van der Waals surface area (Å²) in [6.07, 6.45) is 3.72. The van der Waals surface area contributed by atoms with Crippen LogP contribution in [0.15, 0.2) is 24.3 Å². The monoisotopic (exact) mass is 291 g/mol. The Morgan fingerprint density at radius 2 is 2.14 bits per heavy atom. The van der Waals surface area contributed by atoms with E-state index in [-0.39, 0.29) is 10.6 Å². The Hall–Kier alpha value is -1.62. The molecule has 0 aliphatic carbocycles. The predicted molar refractivity (Wildman–Crippen MR) is 85.6 cm³/mol. The van der Waals surface area contributed by atoms with Crippen LogP contribution in [-0.2, 0) is 0 Å². The highest BCUT2D eigenvalue weighted by atomic mass is 16.6. The van der Waals surface area contributed by atoms with E-state index in [1.165, 1.54) is 32.4 Å². The minimum absolute atomic E-state index is 0.139. The third-order valence-corrected chi connectivity index (χ3v) is 4.26. The molecular formula is C16H25N3O2. The number of nitrogens with one attached hydrogen (secondary N) is 1. The van der Waals surface area contributed by atoms with E-state index in [1.54, 1.807) is 24.3 Å². The van der Waals surface area contributed by atoms with Gasteiger partial charge in [0, 0.05) is 30.4 Å². The number of likely N-dealkylation sites (tertiary alicyclic amines) is 1. The van der Waals surface area contributed by atoms with Crippen LogP contribution in [-0.4, -0.2) is 35.5 Å². The van der Waals surface area contributed by atoms with Crippen molar-refractivity contribution in [2.75, 3.05) is 25.0 Å². The van der Waals surface area contributed by atoms with E-state index in [2.05, 4.69) is 24.1 Å². The average Bonchev–Trinajstić information content (AvgIpc) is 2.48. The molecule has 0 spiro atoms. The molecule has 1 aliphatic rings. The highest BCUT2D eigenvalue weighted by Crippen LogP contribution is 2.23. The predicted octanol–water partition coefficient (Wildman–Crippen LogP) is 3.52. The highest BCUT2D eigenvalue weighted by Gasteiger charge is 2.24. The molecule has 5 nitrogen and oxygen atoms in total. The topological polar surface area (TPSA) is 58.4 Å². The SMILES string of the molecule is CCCN1CCCC(C(C)Nc2ccc([N+](=O)[O-])cc2)C1. The highest BCUT2D eigenvalue weighted by molar-refractivity contribution is 5.49. The van der Waals surface area contributed by atoms with Crippen LogP contribution < -0.4 is 5.32 Å². The molecule has 0 aromatic heterocycles. The van der Waals surface area contributed by atoms with Gasteiger partial charge in [0.15, 0.2) is 0 Å². The zero-order chi connectivity index (χ0) is 15.2. The van der Waals surface area contributed by atoms with Gasteiger partial charge in [-0.25, -0.2) is 0 Å². The first-order chi connectivity index (χ1) is 10.1. The zero-order valence-electron chi connectivity index (χ0n) is 12.9. The van der Waals surface area contributed by atoms with Crippen molar-refractivity contribution < 1.29 is 4.92 Å². The Balaban J connectivity index is 1.91. The number of nitro benzene ring substituents is 1. The molecule has 2 unspecified atom stereocenters. The van der Waals surface area contributed by atoms with E-state index < -0.39 is 0 Å². The number of piperidine rings is 1. The number of hydrogen-bond acceptors (Lipinski definition) is 4. The summed E-state index contributed by atoms with van der Waals surface area (Å²) in [7, 11) is 0. The maximum atomic E-state index is 10.7. The maximum Gasteiger partial charge on any atom is 0.269 e. The Kier molecular flexibility index (Phi) is 5.56. The molecule has 1 N–H and O–H groups in total. The molecule has 0 bridgehead atoms. The number of non-ortho nitro benzene ring substituents is 1. The van der Waals surface area contributed by atoms with Gasteiger partial charge in [-0.3, -0.25) is 10.1 Å². The summed E-state index contributed by atoms with van der Waals surface area (Å²) in [5.74, 6) is 0.639. The van der Waals surface area contributed by atoms with Gasteiger partial charge in [-0.05, 0) is 57.3 Å². The van der Waals surface area contributed by atoms with Crippen LogP contribution in [0.4, 0.5) is 11.4 Å². The van der Waals surface area contributed by atoms with Crippen molar-refractivity contribution in [1.82, 2.24) is 4.90 Å². The summed E-state index contributed by atoms with van der Waals surface area (Å²) < 4.78 is 0. The minimum Gasteiger partial charge on any atom is -0.382 e. The van der Waals surface area contributed by atoms with Crippen LogP contribution in [0.5, 0.6) is 0 Å². The van der Waals surface area contributed by atoms with Gasteiger partial charge in [0.25, 0.3) is 5.69 Å². The second-order valence-electron chi connectivity index (χ2n) is 5.94. The van der Waals surface area contributed by atoms with Crippen LogP contribution in [0.3, 0.4) is 0 Å². The molecule has 0 radical (unpaired) electrons. The number of anilines is 1. The lowest BCUT2D eigenvalue weighted by Gasteiger charge is -2.36. The van der Waals surface area contributed by atoms with Gasteiger partial charge in [-0.1, -0.05) is 6.92 Å². The van der Waals surface area contributed by atoms with E-state index in [4.69, 9.17) is 0 Å². The first-order valence-electron chi connectivity index (χ1n) is 7.83. The Bertz CT molecular complexity index is 459. The lowest BCUT2D eigenvalue weighted by molar-refractivity contribution is -0.384. The standard InChI is InChI=1S/C16H25N3O2/c1-3-10-18-11-4-5-14(12-18)13(2)17-15-6-8-16(9-7-15)19(20)21/h6-9,13-14,17H,3-5,10-12H2,1-2H3. The van der Waals surface area contributed by atoms with Gasteiger partial charge in [-0.2, -0.15) is 0 Å². The molecule has 2 rings (SSSR count). The molecule has 116 valence electrons. The van der Waals surface area contributed by atoms with Crippen LogP contribution in [0.1, 0.15) is 33.1 Å². The summed E-state index contributed by atoms with van der Waals surface area (Å²) in [5, 5.41) is 14.2. The smallest absolute Gasteiger partial charge is 0.269 e. The van der Waals surface area contributed by atoms with Gasteiger partial charge in [-0.15, -0.1) is 0 Å². The molecular weight excluding hydrogens is 266 g/mol. The molecule has 0 saturated carbocycles. The third-order valence-electron chi connectivity index (χ3n) is 4.26. The molecule has 21 heavy (non-hydrogen) atoms. The summed E-state index contributed by atoms with van der Waals surface area (Å²) in [5.41, 5.74) is 1.10. The zero-order valence-corrected chi connectivity index (χ0v) is 12.9. The van der Waals surface area contributed by atoms with Crippen molar-refractivity contribution in [3.8, 4) is 0 Å². The Labute approximate surface area is 126 Å². The summed E-state index contributed by atoms with van der Waals surface area (Å²) in [4.78, 5) is 12.8. The van der Waals surface area contributed by atoms with Gasteiger partial charge in [0.2, 0.25) is 0 Å². The molecule has 1 heterocycles. The second kappa shape index (κ2) is 7.41. The number of nitrogens with zero attached hydrogens (tertiary/aromatic N) is 2. The van der Waals surface area contributed by atoms with Crippen LogP contribution >= 0.6 is 0 Å². The summed E-state index contributed by atoms with van der Waals surface area (Å²) >= 11 is 0. The molecule has 2 atom stereocenters. The van der Waals surface area contributed by atoms with E-state index in [0.717, 1.165) is 12.2 Å². The van der Waals surface area contributed by atoms with E-state index in [9.17, 15) is 10.1 Å². The van der Waals surface area contributed by atoms with Gasteiger partial charge >= 0.3 is 0 Å². The van der Waals surface area contributed by atoms with Crippen molar-refractivity contribution in [2.24, 2.45) is 5.92 Å². The largest absolute Gasteiger partial charge is 0.382 e. The van der Waals surface area contributed by atoms with Crippen LogP contribution in [0, 0.1) is 16.0 Å². The summed E-state index contributed by atoms with van der Waals surface area (Å²) in [6.45, 7) is 7.98. The molecule has 1 aliphatic heterocycles. The molecule has 0 amide bonds. The van der Waals surface area contributed by atoms with Crippen molar-refractivity contribution >= 4 is 11.4 Å². The third kappa shape index (κ3) is 4.43. The fourth-order valence-corrected chi connectivity index (χ4v) is 3.08. The first-order valence-corrected chi connectivity index (χ1v) is 7.83. The molecule has 1 saturated heterocycles. The number of rotatable bonds is 6. The molecule has 1 aromatic rings. The van der Waals surface area contributed by atoms with Crippen LogP contribution in [0.25, 0.3) is 0 Å². The minimum atomic E-state index is -0.364. The van der Waals surface area contributed by atoms with E-state index in [1.807, 2.05) is 0 Å². The van der Waals surface area contributed by atoms with Crippen LogP contribution in [0.2, 0.25) is 0 Å². The number of hydrogen-bond donors (Lipinski definition) is 1. The quantitative estimate of drug-likeness (QED) is 0.643. The van der Waals surface area contributed by atoms with Gasteiger partial charge in [0.05, 0.1) is 4.92 Å². The van der Waals surface area contributed by atoms with Crippen molar-refractivity contribution in [3.05, 3.63) is 34.4 Å². The Morgan fingerprint density at radius 3 is 2.76 bits per heavy atom. The number of nitro groups is 1. The maximum absolute atomic E-state index is 10.7. The number of benzene rings is 1. The van der Waals surface area contributed by atoms with Gasteiger partial charge in [0.1, 0.15) is 0 Å². The fraction of sp³-hybridized carbons (Fsp3) is 0.625. The average molecular weight is 291 g/mol. The molecule has 1 fully saturated rings. The van der Waals surface area contributed by atoms with E-state index >= 15 is 0 Å². The Morgan fingerprint density at radius 1 is 1.43 bits per heavy atom. The summed E-state index contributed by atoms with van der Waals surface area (Å²) in [6, 6.07) is 7.08. The van der Waals surface area contributed by atoms with Gasteiger partial charge < -0.3 is 10.2 Å². The normalized spacial score (nSPS) is 21.0. The van der Waals surface area contributed by atoms with E-state index in [0.29, 0.717) is 12.0 Å². The van der Waals surface area contributed by atoms with Crippen molar-refractivity contribution in [3.63, 3.8) is 0 Å². The second-order valence-corrected chi connectivity index (χ2v) is 5.94. The molecule has 1 aromatic carbocycles. The molecule has 5 heteroatoms. The lowest BCUT2D eigenvalue weighted by Crippen LogP contribution is -2.42.